The lowest BCUT2D eigenvalue weighted by Crippen LogP contribution is -2.34. The summed E-state index contributed by atoms with van der Waals surface area (Å²) in [6, 6.07) is 0. The Bertz CT molecular complexity index is 236. The van der Waals surface area contributed by atoms with E-state index in [1.54, 1.807) is 13.8 Å². The van der Waals surface area contributed by atoms with E-state index in [2.05, 4.69) is 6.58 Å². The summed E-state index contributed by atoms with van der Waals surface area (Å²) in [5.41, 5.74) is -0.198. The summed E-state index contributed by atoms with van der Waals surface area (Å²) in [6.45, 7) is 7.12. The highest BCUT2D eigenvalue weighted by molar-refractivity contribution is 5.72. The molecule has 1 aliphatic rings. The Hall–Kier alpha value is -0.870. The molecule has 0 aromatic rings. The number of hydrogen-bond acceptors (Lipinski definition) is 4. The number of carbonyl (C=O) groups excluding carboxylic acids is 1. The third-order valence-corrected chi connectivity index (χ3v) is 1.87. The van der Waals surface area contributed by atoms with Crippen molar-refractivity contribution in [2.75, 3.05) is 6.61 Å². The first kappa shape index (κ1) is 10.2. The van der Waals surface area contributed by atoms with Gasteiger partial charge in [0, 0.05) is 0 Å². The Morgan fingerprint density at radius 3 is 2.85 bits per heavy atom. The SMILES string of the molecule is C=C(C)C(O)OC1(C)COC(=O)C1. The zero-order valence-electron chi connectivity index (χ0n) is 7.87. The fourth-order valence-electron chi connectivity index (χ4n) is 1.09. The van der Waals surface area contributed by atoms with Crippen LogP contribution in [-0.4, -0.2) is 29.6 Å². The molecule has 1 saturated heterocycles. The minimum Gasteiger partial charge on any atom is -0.463 e. The summed E-state index contributed by atoms with van der Waals surface area (Å²) in [5, 5.41) is 9.35. The molecule has 4 heteroatoms. The summed E-state index contributed by atoms with van der Waals surface area (Å²) >= 11 is 0. The Kier molecular flexibility index (Phi) is 2.73. The fraction of sp³-hybridized carbons (Fsp3) is 0.667. The van der Waals surface area contributed by atoms with E-state index in [9.17, 15) is 9.90 Å². The van der Waals surface area contributed by atoms with Gasteiger partial charge < -0.3 is 14.6 Å². The van der Waals surface area contributed by atoms with Crippen LogP contribution in [0, 0.1) is 0 Å². The number of esters is 1. The molecule has 74 valence electrons. The van der Waals surface area contributed by atoms with Gasteiger partial charge in [-0.25, -0.2) is 0 Å². The van der Waals surface area contributed by atoms with Crippen molar-refractivity contribution in [2.45, 2.75) is 32.2 Å². The summed E-state index contributed by atoms with van der Waals surface area (Å²) in [4.78, 5) is 10.8. The van der Waals surface area contributed by atoms with Crippen molar-refractivity contribution in [1.29, 1.82) is 0 Å². The van der Waals surface area contributed by atoms with E-state index < -0.39 is 11.9 Å². The number of ether oxygens (including phenoxy) is 2. The van der Waals surface area contributed by atoms with Gasteiger partial charge >= 0.3 is 5.97 Å². The van der Waals surface area contributed by atoms with Gasteiger partial charge in [-0.05, 0) is 19.4 Å². The molecule has 4 nitrogen and oxygen atoms in total. The number of rotatable bonds is 3. The highest BCUT2D eigenvalue weighted by Crippen LogP contribution is 2.25. The molecule has 0 amide bonds. The Balaban J connectivity index is 2.53. The van der Waals surface area contributed by atoms with Gasteiger partial charge in [0.05, 0.1) is 6.42 Å². The highest BCUT2D eigenvalue weighted by Gasteiger charge is 2.38. The van der Waals surface area contributed by atoms with Crippen LogP contribution >= 0.6 is 0 Å². The van der Waals surface area contributed by atoms with E-state index in [0.717, 1.165) is 0 Å². The number of aliphatic hydroxyl groups is 1. The van der Waals surface area contributed by atoms with Crippen LogP contribution < -0.4 is 0 Å². The maximum Gasteiger partial charge on any atom is 0.308 e. The number of cyclic esters (lactones) is 1. The van der Waals surface area contributed by atoms with Crippen LogP contribution in [0.25, 0.3) is 0 Å². The van der Waals surface area contributed by atoms with Gasteiger partial charge in [-0.3, -0.25) is 4.79 Å². The van der Waals surface area contributed by atoms with Crippen LogP contribution in [0.5, 0.6) is 0 Å². The lowest BCUT2D eigenvalue weighted by Gasteiger charge is -2.24. The molecular weight excluding hydrogens is 172 g/mol. The molecule has 13 heavy (non-hydrogen) atoms. The van der Waals surface area contributed by atoms with Gasteiger partial charge in [0.25, 0.3) is 0 Å². The first-order chi connectivity index (χ1) is 5.93. The molecule has 0 aliphatic carbocycles. The Morgan fingerprint density at radius 2 is 2.46 bits per heavy atom. The number of hydrogen-bond donors (Lipinski definition) is 1. The standard InChI is InChI=1S/C9H14O4/c1-6(2)8(11)13-9(3)4-7(10)12-5-9/h8,11H,1,4-5H2,2-3H3. The zero-order valence-corrected chi connectivity index (χ0v) is 7.87. The summed E-state index contributed by atoms with van der Waals surface area (Å²) in [5.74, 6) is -0.295. The lowest BCUT2D eigenvalue weighted by molar-refractivity contribution is -0.158. The van der Waals surface area contributed by atoms with Gasteiger partial charge in [-0.15, -0.1) is 0 Å². The van der Waals surface area contributed by atoms with Crippen molar-refractivity contribution in [2.24, 2.45) is 0 Å². The average Bonchev–Trinajstić information content (AvgIpc) is 2.30. The molecule has 0 aromatic carbocycles. The van der Waals surface area contributed by atoms with Gasteiger partial charge in [-0.1, -0.05) is 6.58 Å². The predicted molar refractivity (Wildman–Crippen MR) is 45.9 cm³/mol. The van der Waals surface area contributed by atoms with Crippen LogP contribution in [-0.2, 0) is 14.3 Å². The minimum absolute atomic E-state index is 0.178. The topological polar surface area (TPSA) is 55.8 Å². The van der Waals surface area contributed by atoms with Crippen molar-refractivity contribution in [3.63, 3.8) is 0 Å². The normalized spacial score (nSPS) is 29.9. The Labute approximate surface area is 77.1 Å². The van der Waals surface area contributed by atoms with Gasteiger partial charge in [0.2, 0.25) is 0 Å². The molecule has 1 N–H and O–H groups in total. The predicted octanol–water partition coefficient (Wildman–Crippen LogP) is 0.603. The van der Waals surface area contributed by atoms with Crippen molar-refractivity contribution in [1.82, 2.24) is 0 Å². The van der Waals surface area contributed by atoms with Crippen LogP contribution in [0.2, 0.25) is 0 Å². The monoisotopic (exact) mass is 186 g/mol. The van der Waals surface area contributed by atoms with Crippen LogP contribution in [0.15, 0.2) is 12.2 Å². The van der Waals surface area contributed by atoms with Crippen LogP contribution in [0.1, 0.15) is 20.3 Å². The molecule has 2 unspecified atom stereocenters. The summed E-state index contributed by atoms with van der Waals surface area (Å²) < 4.78 is 9.99. The second-order valence-electron chi connectivity index (χ2n) is 3.60. The van der Waals surface area contributed by atoms with E-state index >= 15 is 0 Å². The Morgan fingerprint density at radius 1 is 1.85 bits per heavy atom. The molecule has 1 fully saturated rings. The van der Waals surface area contributed by atoms with Crippen molar-refractivity contribution in [3.05, 3.63) is 12.2 Å². The number of aliphatic hydroxyl groups excluding tert-OH is 1. The van der Waals surface area contributed by atoms with Crippen molar-refractivity contribution >= 4 is 5.97 Å². The number of carbonyl (C=O) groups is 1. The maximum absolute atomic E-state index is 10.8. The van der Waals surface area contributed by atoms with Crippen LogP contribution in [0.4, 0.5) is 0 Å². The highest BCUT2D eigenvalue weighted by atomic mass is 16.6. The average molecular weight is 186 g/mol. The third-order valence-electron chi connectivity index (χ3n) is 1.87. The zero-order chi connectivity index (χ0) is 10.1. The van der Waals surface area contributed by atoms with Crippen molar-refractivity contribution < 1.29 is 19.4 Å². The molecule has 0 saturated carbocycles. The molecule has 0 radical (unpaired) electrons. The van der Waals surface area contributed by atoms with Gasteiger partial charge in [-0.2, -0.15) is 0 Å². The fourth-order valence-corrected chi connectivity index (χ4v) is 1.09. The smallest absolute Gasteiger partial charge is 0.308 e. The van der Waals surface area contributed by atoms with E-state index in [1.807, 2.05) is 0 Å². The second kappa shape index (κ2) is 3.47. The summed E-state index contributed by atoms with van der Waals surface area (Å²) in [6.07, 6.45) is -0.850. The quantitative estimate of drug-likeness (QED) is 0.398. The van der Waals surface area contributed by atoms with E-state index in [0.29, 0.717) is 5.57 Å². The molecular formula is C9H14O4. The third kappa shape index (κ3) is 2.54. The molecule has 2 atom stereocenters. The molecule has 0 aromatic heterocycles. The minimum atomic E-state index is -1.03. The van der Waals surface area contributed by atoms with E-state index in [-0.39, 0.29) is 19.0 Å². The van der Waals surface area contributed by atoms with Gasteiger partial charge in [0.15, 0.2) is 6.29 Å². The maximum atomic E-state index is 10.8. The van der Waals surface area contributed by atoms with Gasteiger partial charge in [0.1, 0.15) is 12.2 Å². The molecule has 0 spiro atoms. The largest absolute Gasteiger partial charge is 0.463 e. The van der Waals surface area contributed by atoms with Crippen molar-refractivity contribution in [3.8, 4) is 0 Å². The van der Waals surface area contributed by atoms with E-state index in [1.165, 1.54) is 0 Å². The van der Waals surface area contributed by atoms with E-state index in [4.69, 9.17) is 9.47 Å². The lowest BCUT2D eigenvalue weighted by atomic mass is 10.1. The molecule has 1 aliphatic heterocycles. The second-order valence-corrected chi connectivity index (χ2v) is 3.60. The molecule has 1 heterocycles. The van der Waals surface area contributed by atoms with Crippen LogP contribution in [0.3, 0.4) is 0 Å². The molecule has 0 bridgehead atoms. The molecule has 1 rings (SSSR count). The first-order valence-electron chi connectivity index (χ1n) is 4.10. The first-order valence-corrected chi connectivity index (χ1v) is 4.10. The summed E-state index contributed by atoms with van der Waals surface area (Å²) in [7, 11) is 0.